The van der Waals surface area contributed by atoms with Crippen LogP contribution in [-0.4, -0.2) is 25.6 Å². The summed E-state index contributed by atoms with van der Waals surface area (Å²) in [5.41, 5.74) is 2.58. The second-order valence-corrected chi connectivity index (χ2v) is 5.83. The third-order valence-electron chi connectivity index (χ3n) is 4.02. The molecule has 0 aromatic heterocycles. The summed E-state index contributed by atoms with van der Waals surface area (Å²) in [7, 11) is 0. The van der Waals surface area contributed by atoms with Crippen LogP contribution in [0.25, 0.3) is 0 Å². The fourth-order valence-corrected chi connectivity index (χ4v) is 2.85. The third-order valence-corrected chi connectivity index (χ3v) is 4.02. The maximum atomic E-state index is 6.00. The van der Waals surface area contributed by atoms with E-state index in [2.05, 4.69) is 36.4 Å². The zero-order chi connectivity index (χ0) is 15.9. The van der Waals surface area contributed by atoms with Crippen molar-refractivity contribution >= 4 is 0 Å². The molecule has 0 amide bonds. The molecule has 2 atom stereocenters. The van der Waals surface area contributed by atoms with Crippen molar-refractivity contribution in [2.75, 3.05) is 13.2 Å². The molecule has 2 unspecified atom stereocenters. The molecule has 0 spiro atoms. The zero-order valence-corrected chi connectivity index (χ0v) is 13.6. The first-order chi connectivity index (χ1) is 11.3. The van der Waals surface area contributed by atoms with Gasteiger partial charge in [-0.1, -0.05) is 42.5 Å². The Bertz CT molecular complexity index is 580. The Balaban J connectivity index is 1.43. The van der Waals surface area contributed by atoms with Gasteiger partial charge in [0.25, 0.3) is 0 Å². The molecule has 1 aliphatic rings. The predicted molar refractivity (Wildman–Crippen MR) is 90.7 cm³/mol. The molecule has 122 valence electrons. The van der Waals surface area contributed by atoms with E-state index in [1.807, 2.05) is 25.1 Å². The summed E-state index contributed by atoms with van der Waals surface area (Å²) >= 11 is 0. The zero-order valence-electron chi connectivity index (χ0n) is 13.6. The lowest BCUT2D eigenvalue weighted by molar-refractivity contribution is -0.0612. The second-order valence-electron chi connectivity index (χ2n) is 5.83. The van der Waals surface area contributed by atoms with Crippen LogP contribution in [0.5, 0.6) is 5.75 Å². The van der Waals surface area contributed by atoms with Crippen LogP contribution in [-0.2, 0) is 22.3 Å². The molecule has 2 aromatic carbocycles. The van der Waals surface area contributed by atoms with Gasteiger partial charge in [-0.15, -0.1) is 0 Å². The summed E-state index contributed by atoms with van der Waals surface area (Å²) in [4.78, 5) is 0. The summed E-state index contributed by atoms with van der Waals surface area (Å²) in [5.74, 6) is 0.924. The molecule has 1 heterocycles. The number of ether oxygens (including phenoxy) is 3. The maximum absolute atomic E-state index is 6.00. The van der Waals surface area contributed by atoms with Crippen LogP contribution in [0.3, 0.4) is 0 Å². The van der Waals surface area contributed by atoms with Gasteiger partial charge in [0.15, 0.2) is 6.29 Å². The third kappa shape index (κ3) is 4.81. The summed E-state index contributed by atoms with van der Waals surface area (Å²) in [5, 5.41) is 0. The van der Waals surface area contributed by atoms with Gasteiger partial charge in [-0.05, 0) is 36.6 Å². The summed E-state index contributed by atoms with van der Waals surface area (Å²) in [6.45, 7) is 3.38. The number of hydrogen-bond donors (Lipinski definition) is 0. The highest BCUT2D eigenvalue weighted by atomic mass is 16.7. The van der Waals surface area contributed by atoms with Crippen LogP contribution in [0.15, 0.2) is 54.6 Å². The Hall–Kier alpha value is -1.84. The summed E-state index contributed by atoms with van der Waals surface area (Å²) in [6, 6.07) is 18.7. The van der Waals surface area contributed by atoms with Crippen LogP contribution in [0.4, 0.5) is 0 Å². The largest absolute Gasteiger partial charge is 0.494 e. The quantitative estimate of drug-likeness (QED) is 0.773. The Morgan fingerprint density at radius 2 is 1.78 bits per heavy atom. The highest BCUT2D eigenvalue weighted by Gasteiger charge is 2.25. The van der Waals surface area contributed by atoms with Gasteiger partial charge in [0, 0.05) is 12.8 Å². The van der Waals surface area contributed by atoms with Gasteiger partial charge in [-0.25, -0.2) is 0 Å². The van der Waals surface area contributed by atoms with Crippen molar-refractivity contribution in [2.45, 2.75) is 38.6 Å². The molecule has 23 heavy (non-hydrogen) atoms. The number of rotatable bonds is 7. The first kappa shape index (κ1) is 16.0. The smallest absolute Gasteiger partial charge is 0.158 e. The minimum Gasteiger partial charge on any atom is -0.494 e. The average Bonchev–Trinajstić information content (AvgIpc) is 3.03. The Kier molecular flexibility index (Phi) is 5.67. The van der Waals surface area contributed by atoms with E-state index in [-0.39, 0.29) is 12.4 Å². The van der Waals surface area contributed by atoms with Crippen LogP contribution in [0.2, 0.25) is 0 Å². The molecule has 0 radical (unpaired) electrons. The maximum Gasteiger partial charge on any atom is 0.158 e. The first-order valence-corrected chi connectivity index (χ1v) is 8.36. The lowest BCUT2D eigenvalue weighted by atomic mass is 10.1. The minimum absolute atomic E-state index is 0.0877. The highest BCUT2D eigenvalue weighted by molar-refractivity contribution is 5.27. The number of benzene rings is 2. The van der Waals surface area contributed by atoms with Gasteiger partial charge in [0.2, 0.25) is 0 Å². The van der Waals surface area contributed by atoms with Crippen molar-refractivity contribution in [1.29, 1.82) is 0 Å². The second kappa shape index (κ2) is 8.14. The van der Waals surface area contributed by atoms with Crippen molar-refractivity contribution in [3.63, 3.8) is 0 Å². The lowest BCUT2D eigenvalue weighted by Gasteiger charge is -2.12. The van der Waals surface area contributed by atoms with E-state index in [0.717, 1.165) is 25.0 Å². The fourth-order valence-electron chi connectivity index (χ4n) is 2.85. The molecule has 3 rings (SSSR count). The van der Waals surface area contributed by atoms with Gasteiger partial charge >= 0.3 is 0 Å². The molecule has 2 aromatic rings. The monoisotopic (exact) mass is 312 g/mol. The number of hydrogen-bond acceptors (Lipinski definition) is 3. The van der Waals surface area contributed by atoms with Gasteiger partial charge in [0.1, 0.15) is 5.75 Å². The normalized spacial score (nSPS) is 20.6. The Labute approximate surface area is 138 Å². The molecule has 0 aliphatic carbocycles. The molecule has 1 aliphatic heterocycles. The van der Waals surface area contributed by atoms with E-state index in [1.54, 1.807) is 0 Å². The van der Waals surface area contributed by atoms with Crippen LogP contribution in [0.1, 0.15) is 24.5 Å². The van der Waals surface area contributed by atoms with Crippen molar-refractivity contribution in [2.24, 2.45) is 0 Å². The van der Waals surface area contributed by atoms with Crippen LogP contribution in [0, 0.1) is 0 Å². The van der Waals surface area contributed by atoms with E-state index in [9.17, 15) is 0 Å². The van der Waals surface area contributed by atoms with E-state index in [4.69, 9.17) is 14.2 Å². The SMILES string of the molecule is CCOc1ccc(CCC2OCC(Cc3ccccc3)O2)cc1. The van der Waals surface area contributed by atoms with Crippen molar-refractivity contribution < 1.29 is 14.2 Å². The van der Waals surface area contributed by atoms with Crippen molar-refractivity contribution in [1.82, 2.24) is 0 Å². The molecule has 0 N–H and O–H groups in total. The van der Waals surface area contributed by atoms with Crippen LogP contribution < -0.4 is 4.74 Å². The van der Waals surface area contributed by atoms with E-state index >= 15 is 0 Å². The van der Waals surface area contributed by atoms with Gasteiger partial charge in [-0.3, -0.25) is 0 Å². The molecule has 3 heteroatoms. The number of aryl methyl sites for hydroxylation is 1. The standard InChI is InChI=1S/C20H24O3/c1-2-21-18-11-8-16(9-12-18)10-13-20-22-15-19(23-20)14-17-6-4-3-5-7-17/h3-9,11-12,19-20H,2,10,13-15H2,1H3. The lowest BCUT2D eigenvalue weighted by Crippen LogP contribution is -2.15. The van der Waals surface area contributed by atoms with E-state index in [0.29, 0.717) is 13.2 Å². The molecule has 0 bridgehead atoms. The van der Waals surface area contributed by atoms with Gasteiger partial charge in [0.05, 0.1) is 19.3 Å². The van der Waals surface area contributed by atoms with E-state index < -0.39 is 0 Å². The van der Waals surface area contributed by atoms with Crippen LogP contribution >= 0.6 is 0 Å². The highest BCUT2D eigenvalue weighted by Crippen LogP contribution is 2.21. The molecule has 0 saturated carbocycles. The molecule has 3 nitrogen and oxygen atoms in total. The molecule has 1 fully saturated rings. The Morgan fingerprint density at radius 3 is 2.52 bits per heavy atom. The predicted octanol–water partition coefficient (Wildman–Crippen LogP) is 4.00. The molecule has 1 saturated heterocycles. The summed E-state index contributed by atoms with van der Waals surface area (Å²) < 4.78 is 17.2. The van der Waals surface area contributed by atoms with E-state index in [1.165, 1.54) is 11.1 Å². The van der Waals surface area contributed by atoms with Gasteiger partial charge < -0.3 is 14.2 Å². The summed E-state index contributed by atoms with van der Waals surface area (Å²) in [6.07, 6.45) is 2.84. The van der Waals surface area contributed by atoms with Gasteiger partial charge in [-0.2, -0.15) is 0 Å². The topological polar surface area (TPSA) is 27.7 Å². The minimum atomic E-state index is -0.0877. The fraction of sp³-hybridized carbons (Fsp3) is 0.400. The first-order valence-electron chi connectivity index (χ1n) is 8.36. The average molecular weight is 312 g/mol. The Morgan fingerprint density at radius 1 is 1.00 bits per heavy atom. The molecular formula is C20H24O3. The van der Waals surface area contributed by atoms with Crippen molar-refractivity contribution in [3.05, 3.63) is 65.7 Å². The van der Waals surface area contributed by atoms with Crippen molar-refractivity contribution in [3.8, 4) is 5.75 Å². The molecular weight excluding hydrogens is 288 g/mol.